The lowest BCUT2D eigenvalue weighted by atomic mass is 9.99. The molecular formula is C15H21BrN2O. The normalized spacial score (nSPS) is 23.3. The molecule has 0 aromatic heterocycles. The molecule has 4 heteroatoms. The van der Waals surface area contributed by atoms with Crippen molar-refractivity contribution in [3.63, 3.8) is 0 Å². The minimum absolute atomic E-state index is 0.150. The number of hydrogen-bond donors (Lipinski definition) is 0. The highest BCUT2D eigenvalue weighted by Crippen LogP contribution is 2.24. The Hall–Kier alpha value is -1.03. The van der Waals surface area contributed by atoms with Gasteiger partial charge in [0.05, 0.1) is 0 Å². The third kappa shape index (κ3) is 3.30. The Kier molecular flexibility index (Phi) is 4.50. The number of carbonyl (C=O) groups is 1. The predicted octanol–water partition coefficient (Wildman–Crippen LogP) is 3.00. The van der Waals surface area contributed by atoms with Gasteiger partial charge < -0.3 is 9.80 Å². The van der Waals surface area contributed by atoms with Crippen LogP contribution in [0.4, 0.5) is 5.69 Å². The van der Waals surface area contributed by atoms with Crippen molar-refractivity contribution in [2.24, 2.45) is 5.92 Å². The standard InChI is InChI=1S/C15H21BrN2O/c1-11-10-18(9-8-14(11)16)15(19)12-4-6-13(7-5-12)17(2)3/h4-7,11,14H,8-10H2,1-3H3. The summed E-state index contributed by atoms with van der Waals surface area (Å²) in [5, 5.41) is 0. The summed E-state index contributed by atoms with van der Waals surface area (Å²) >= 11 is 3.67. The van der Waals surface area contributed by atoms with Gasteiger partial charge in [-0.15, -0.1) is 0 Å². The van der Waals surface area contributed by atoms with E-state index in [9.17, 15) is 4.79 Å². The number of halogens is 1. The summed E-state index contributed by atoms with van der Waals surface area (Å²) in [4.78, 5) is 17.0. The van der Waals surface area contributed by atoms with Gasteiger partial charge in [-0.2, -0.15) is 0 Å². The summed E-state index contributed by atoms with van der Waals surface area (Å²) in [5.74, 6) is 0.662. The summed E-state index contributed by atoms with van der Waals surface area (Å²) in [5.41, 5.74) is 1.90. The molecule has 0 spiro atoms. The van der Waals surface area contributed by atoms with Crippen molar-refractivity contribution in [1.82, 2.24) is 4.90 Å². The summed E-state index contributed by atoms with van der Waals surface area (Å²) in [6, 6.07) is 7.83. The lowest BCUT2D eigenvalue weighted by Crippen LogP contribution is -2.43. The van der Waals surface area contributed by atoms with E-state index in [1.54, 1.807) is 0 Å². The molecule has 1 fully saturated rings. The largest absolute Gasteiger partial charge is 0.378 e. The number of likely N-dealkylation sites (tertiary alicyclic amines) is 1. The zero-order valence-corrected chi connectivity index (χ0v) is 13.4. The van der Waals surface area contributed by atoms with E-state index in [-0.39, 0.29) is 5.91 Å². The molecule has 1 amide bonds. The van der Waals surface area contributed by atoms with Crippen molar-refractivity contribution in [3.8, 4) is 0 Å². The minimum atomic E-state index is 0.150. The van der Waals surface area contributed by atoms with E-state index in [4.69, 9.17) is 0 Å². The van der Waals surface area contributed by atoms with Gasteiger partial charge in [-0.1, -0.05) is 22.9 Å². The van der Waals surface area contributed by atoms with Gasteiger partial charge in [-0.25, -0.2) is 0 Å². The molecule has 0 aliphatic carbocycles. The number of piperidine rings is 1. The Bertz CT molecular complexity index is 444. The second kappa shape index (κ2) is 5.95. The van der Waals surface area contributed by atoms with Crippen molar-refractivity contribution >= 4 is 27.5 Å². The predicted molar refractivity (Wildman–Crippen MR) is 83.2 cm³/mol. The lowest BCUT2D eigenvalue weighted by molar-refractivity contribution is 0.0690. The third-order valence-corrected chi connectivity index (χ3v) is 5.08. The maximum absolute atomic E-state index is 12.4. The number of hydrogen-bond acceptors (Lipinski definition) is 2. The second-order valence-electron chi connectivity index (χ2n) is 5.47. The van der Waals surface area contributed by atoms with Gasteiger partial charge in [-0.05, 0) is 36.6 Å². The van der Waals surface area contributed by atoms with Gasteiger partial charge in [0, 0.05) is 43.3 Å². The fourth-order valence-corrected chi connectivity index (χ4v) is 2.76. The first-order valence-electron chi connectivity index (χ1n) is 6.69. The fraction of sp³-hybridized carbons (Fsp3) is 0.533. The molecule has 2 atom stereocenters. The van der Waals surface area contributed by atoms with Crippen molar-refractivity contribution in [3.05, 3.63) is 29.8 Å². The molecule has 0 saturated carbocycles. The van der Waals surface area contributed by atoms with Gasteiger partial charge >= 0.3 is 0 Å². The molecule has 1 aromatic rings. The molecule has 1 aliphatic heterocycles. The number of amides is 1. The maximum Gasteiger partial charge on any atom is 0.253 e. The smallest absolute Gasteiger partial charge is 0.253 e. The highest BCUT2D eigenvalue weighted by Gasteiger charge is 2.27. The number of alkyl halides is 1. The fourth-order valence-electron chi connectivity index (χ4n) is 2.39. The van der Waals surface area contributed by atoms with E-state index < -0.39 is 0 Å². The zero-order valence-electron chi connectivity index (χ0n) is 11.8. The van der Waals surface area contributed by atoms with Gasteiger partial charge in [-0.3, -0.25) is 4.79 Å². The summed E-state index contributed by atoms with van der Waals surface area (Å²) in [6.07, 6.45) is 1.03. The number of rotatable bonds is 2. The van der Waals surface area contributed by atoms with Gasteiger partial charge in [0.25, 0.3) is 5.91 Å². The summed E-state index contributed by atoms with van der Waals surface area (Å²) in [7, 11) is 4.00. The van der Waals surface area contributed by atoms with Crippen LogP contribution in [0.5, 0.6) is 0 Å². The molecule has 2 unspecified atom stereocenters. The Labute approximate surface area is 123 Å². The highest BCUT2D eigenvalue weighted by molar-refractivity contribution is 9.09. The van der Waals surface area contributed by atoms with E-state index in [2.05, 4.69) is 22.9 Å². The van der Waals surface area contributed by atoms with Crippen LogP contribution in [-0.2, 0) is 0 Å². The molecule has 0 N–H and O–H groups in total. The second-order valence-corrected chi connectivity index (χ2v) is 6.65. The zero-order chi connectivity index (χ0) is 14.0. The highest BCUT2D eigenvalue weighted by atomic mass is 79.9. The maximum atomic E-state index is 12.4. The molecule has 0 bridgehead atoms. The first-order chi connectivity index (χ1) is 8.99. The van der Waals surface area contributed by atoms with Crippen molar-refractivity contribution in [2.75, 3.05) is 32.1 Å². The van der Waals surface area contributed by atoms with Gasteiger partial charge in [0.2, 0.25) is 0 Å². The van der Waals surface area contributed by atoms with Crippen LogP contribution in [0.3, 0.4) is 0 Å². The number of anilines is 1. The minimum Gasteiger partial charge on any atom is -0.378 e. The monoisotopic (exact) mass is 324 g/mol. The number of benzene rings is 1. The van der Waals surface area contributed by atoms with E-state index in [1.165, 1.54) is 0 Å². The summed E-state index contributed by atoms with van der Waals surface area (Å²) in [6.45, 7) is 3.87. The molecule has 104 valence electrons. The Balaban J connectivity index is 2.07. The van der Waals surface area contributed by atoms with Crippen LogP contribution in [0.15, 0.2) is 24.3 Å². The molecule has 1 saturated heterocycles. The summed E-state index contributed by atoms with van der Waals surface area (Å²) < 4.78 is 0. The van der Waals surface area contributed by atoms with Crippen molar-refractivity contribution in [1.29, 1.82) is 0 Å². The number of nitrogens with zero attached hydrogens (tertiary/aromatic N) is 2. The average molecular weight is 325 g/mol. The van der Waals surface area contributed by atoms with Crippen LogP contribution < -0.4 is 4.90 Å². The third-order valence-electron chi connectivity index (χ3n) is 3.72. The molecule has 1 heterocycles. The lowest BCUT2D eigenvalue weighted by Gasteiger charge is -2.34. The molecule has 2 rings (SSSR count). The van der Waals surface area contributed by atoms with E-state index in [1.807, 2.05) is 48.2 Å². The van der Waals surface area contributed by atoms with Gasteiger partial charge in [0.15, 0.2) is 0 Å². The molecule has 19 heavy (non-hydrogen) atoms. The quantitative estimate of drug-likeness (QED) is 0.781. The molecule has 1 aromatic carbocycles. The van der Waals surface area contributed by atoms with E-state index in [0.29, 0.717) is 10.7 Å². The molecule has 1 aliphatic rings. The van der Waals surface area contributed by atoms with Gasteiger partial charge in [0.1, 0.15) is 0 Å². The first kappa shape index (κ1) is 14.4. The number of carbonyl (C=O) groups excluding carboxylic acids is 1. The van der Waals surface area contributed by atoms with Crippen LogP contribution in [0.1, 0.15) is 23.7 Å². The van der Waals surface area contributed by atoms with Crippen LogP contribution in [0.2, 0.25) is 0 Å². The van der Waals surface area contributed by atoms with Crippen LogP contribution in [-0.4, -0.2) is 42.8 Å². The topological polar surface area (TPSA) is 23.6 Å². The molecule has 0 radical (unpaired) electrons. The Morgan fingerprint density at radius 3 is 2.47 bits per heavy atom. The average Bonchev–Trinajstić information content (AvgIpc) is 2.41. The van der Waals surface area contributed by atoms with Crippen LogP contribution >= 0.6 is 15.9 Å². The SMILES string of the molecule is CC1CN(C(=O)c2ccc(N(C)C)cc2)CCC1Br. The molecule has 3 nitrogen and oxygen atoms in total. The van der Waals surface area contributed by atoms with Crippen molar-refractivity contribution < 1.29 is 4.79 Å². The first-order valence-corrected chi connectivity index (χ1v) is 7.61. The Morgan fingerprint density at radius 1 is 1.32 bits per heavy atom. The Morgan fingerprint density at radius 2 is 1.95 bits per heavy atom. The van der Waals surface area contributed by atoms with E-state index in [0.717, 1.165) is 30.8 Å². The molecular weight excluding hydrogens is 304 g/mol. The van der Waals surface area contributed by atoms with E-state index >= 15 is 0 Å². The van der Waals surface area contributed by atoms with Crippen LogP contribution in [0, 0.1) is 5.92 Å². The van der Waals surface area contributed by atoms with Crippen molar-refractivity contribution in [2.45, 2.75) is 18.2 Å². The van der Waals surface area contributed by atoms with Crippen LogP contribution in [0.25, 0.3) is 0 Å².